The third-order valence-electron chi connectivity index (χ3n) is 2.98. The van der Waals surface area contributed by atoms with Crippen LogP contribution in [0.5, 0.6) is 0 Å². The predicted molar refractivity (Wildman–Crippen MR) is 63.6 cm³/mol. The van der Waals surface area contributed by atoms with Crippen molar-refractivity contribution in [1.29, 1.82) is 5.26 Å². The second-order valence-corrected chi connectivity index (χ2v) is 4.00. The average molecular weight is 234 g/mol. The molecule has 1 saturated heterocycles. The van der Waals surface area contributed by atoms with Crippen LogP contribution in [0.3, 0.4) is 0 Å². The second-order valence-electron chi connectivity index (χ2n) is 4.00. The number of pyridine rings is 1. The fourth-order valence-corrected chi connectivity index (χ4v) is 2.04. The largest absolute Gasteiger partial charge is 0.353 e. The molecule has 0 unspecified atom stereocenters. The van der Waals surface area contributed by atoms with E-state index < -0.39 is 0 Å². The molecule has 0 aliphatic carbocycles. The van der Waals surface area contributed by atoms with Gasteiger partial charge in [-0.15, -0.1) is 0 Å². The SMILES string of the molecule is N#Cc1cccnc1N1CCN(CCF)CC1. The van der Waals surface area contributed by atoms with Crippen molar-refractivity contribution in [1.82, 2.24) is 9.88 Å². The van der Waals surface area contributed by atoms with Gasteiger partial charge in [0.15, 0.2) is 0 Å². The Morgan fingerprint density at radius 1 is 1.35 bits per heavy atom. The molecule has 1 fully saturated rings. The van der Waals surface area contributed by atoms with E-state index in [0.717, 1.165) is 32.0 Å². The van der Waals surface area contributed by atoms with Crippen molar-refractivity contribution in [3.05, 3.63) is 23.9 Å². The van der Waals surface area contributed by atoms with Gasteiger partial charge >= 0.3 is 0 Å². The Morgan fingerprint density at radius 3 is 2.76 bits per heavy atom. The highest BCUT2D eigenvalue weighted by Gasteiger charge is 2.19. The van der Waals surface area contributed by atoms with Gasteiger partial charge in [-0.1, -0.05) is 0 Å². The normalized spacial score (nSPS) is 16.8. The summed E-state index contributed by atoms with van der Waals surface area (Å²) in [6, 6.07) is 5.69. The number of hydrogen-bond donors (Lipinski definition) is 0. The Labute approximate surface area is 100 Å². The van der Waals surface area contributed by atoms with Crippen LogP contribution in [0.25, 0.3) is 0 Å². The first-order chi connectivity index (χ1) is 8.35. The molecule has 0 spiro atoms. The number of alkyl halides is 1. The van der Waals surface area contributed by atoms with E-state index in [1.165, 1.54) is 0 Å². The molecule has 17 heavy (non-hydrogen) atoms. The van der Waals surface area contributed by atoms with E-state index >= 15 is 0 Å². The molecule has 0 amide bonds. The molecule has 0 bridgehead atoms. The van der Waals surface area contributed by atoms with E-state index in [1.807, 2.05) is 0 Å². The lowest BCUT2D eigenvalue weighted by atomic mass is 10.2. The molecule has 0 radical (unpaired) electrons. The summed E-state index contributed by atoms with van der Waals surface area (Å²) >= 11 is 0. The lowest BCUT2D eigenvalue weighted by molar-refractivity contribution is 0.235. The second kappa shape index (κ2) is 5.60. The molecule has 90 valence electrons. The number of nitriles is 1. The standard InChI is InChI=1S/C12H15FN4/c13-3-5-16-6-8-17(9-7-16)12-11(10-14)2-1-4-15-12/h1-2,4H,3,5-9H2. The van der Waals surface area contributed by atoms with Crippen LogP contribution in [0.2, 0.25) is 0 Å². The zero-order valence-corrected chi connectivity index (χ0v) is 9.64. The Kier molecular flexibility index (Phi) is 3.89. The monoisotopic (exact) mass is 234 g/mol. The van der Waals surface area contributed by atoms with Crippen LogP contribution in [0.1, 0.15) is 5.56 Å². The van der Waals surface area contributed by atoms with Gasteiger partial charge in [-0.05, 0) is 12.1 Å². The van der Waals surface area contributed by atoms with Gasteiger partial charge in [0, 0.05) is 38.9 Å². The lowest BCUT2D eigenvalue weighted by Crippen LogP contribution is -2.47. The maximum Gasteiger partial charge on any atom is 0.146 e. The molecule has 2 heterocycles. The molecule has 1 aromatic heterocycles. The van der Waals surface area contributed by atoms with Crippen molar-refractivity contribution in [3.63, 3.8) is 0 Å². The van der Waals surface area contributed by atoms with Crippen LogP contribution < -0.4 is 4.90 Å². The van der Waals surface area contributed by atoms with E-state index in [0.29, 0.717) is 12.1 Å². The number of halogens is 1. The maximum absolute atomic E-state index is 12.2. The van der Waals surface area contributed by atoms with Gasteiger partial charge in [-0.2, -0.15) is 5.26 Å². The predicted octanol–water partition coefficient (Wildman–Crippen LogP) is 1.04. The molecule has 0 atom stereocenters. The Hall–Kier alpha value is -1.67. The number of rotatable bonds is 3. The highest BCUT2D eigenvalue weighted by molar-refractivity contribution is 5.53. The Balaban J connectivity index is 2.03. The Morgan fingerprint density at radius 2 is 2.12 bits per heavy atom. The van der Waals surface area contributed by atoms with Crippen LogP contribution in [0.4, 0.5) is 10.2 Å². The summed E-state index contributed by atoms with van der Waals surface area (Å²) in [6.45, 7) is 3.45. The first kappa shape index (κ1) is 11.8. The van der Waals surface area contributed by atoms with Gasteiger partial charge < -0.3 is 4.90 Å². The van der Waals surface area contributed by atoms with Crippen LogP contribution in [0, 0.1) is 11.3 Å². The van der Waals surface area contributed by atoms with Gasteiger partial charge in [0.05, 0.1) is 5.56 Å². The topological polar surface area (TPSA) is 43.2 Å². The molecule has 0 aromatic carbocycles. The fourth-order valence-electron chi connectivity index (χ4n) is 2.04. The molecule has 1 aliphatic heterocycles. The molecule has 2 rings (SSSR count). The van der Waals surface area contributed by atoms with Gasteiger partial charge in [0.25, 0.3) is 0 Å². The summed E-state index contributed by atoms with van der Waals surface area (Å²) in [5.41, 5.74) is 0.603. The first-order valence-corrected chi connectivity index (χ1v) is 5.73. The number of anilines is 1. The number of aromatic nitrogens is 1. The average Bonchev–Trinajstić information content (AvgIpc) is 2.40. The number of nitrogens with zero attached hydrogens (tertiary/aromatic N) is 4. The quantitative estimate of drug-likeness (QED) is 0.784. The number of piperazine rings is 1. The minimum absolute atomic E-state index is 0.299. The van der Waals surface area contributed by atoms with Crippen molar-refractivity contribution < 1.29 is 4.39 Å². The highest BCUT2D eigenvalue weighted by atomic mass is 19.1. The van der Waals surface area contributed by atoms with Crippen molar-refractivity contribution in [2.75, 3.05) is 44.3 Å². The number of hydrogen-bond acceptors (Lipinski definition) is 4. The maximum atomic E-state index is 12.2. The van der Waals surface area contributed by atoms with E-state index in [-0.39, 0.29) is 6.67 Å². The molecule has 1 aromatic rings. The van der Waals surface area contributed by atoms with Crippen molar-refractivity contribution in [2.24, 2.45) is 0 Å². The summed E-state index contributed by atoms with van der Waals surface area (Å²) < 4.78 is 12.2. The Bertz CT molecular complexity index is 407. The first-order valence-electron chi connectivity index (χ1n) is 5.73. The van der Waals surface area contributed by atoms with Crippen LogP contribution >= 0.6 is 0 Å². The van der Waals surface area contributed by atoms with E-state index in [1.54, 1.807) is 18.3 Å². The fraction of sp³-hybridized carbons (Fsp3) is 0.500. The molecule has 0 N–H and O–H groups in total. The summed E-state index contributed by atoms with van der Waals surface area (Å²) in [4.78, 5) is 8.43. The summed E-state index contributed by atoms with van der Waals surface area (Å²) in [5, 5.41) is 9.01. The molecule has 4 nitrogen and oxygen atoms in total. The van der Waals surface area contributed by atoms with Crippen molar-refractivity contribution >= 4 is 5.82 Å². The van der Waals surface area contributed by atoms with Crippen LogP contribution in [0.15, 0.2) is 18.3 Å². The van der Waals surface area contributed by atoms with Crippen LogP contribution in [-0.4, -0.2) is 49.3 Å². The van der Waals surface area contributed by atoms with Crippen molar-refractivity contribution in [2.45, 2.75) is 0 Å². The minimum atomic E-state index is -0.299. The zero-order chi connectivity index (χ0) is 12.1. The smallest absolute Gasteiger partial charge is 0.146 e. The third kappa shape index (κ3) is 2.71. The minimum Gasteiger partial charge on any atom is -0.353 e. The molecule has 0 saturated carbocycles. The highest BCUT2D eigenvalue weighted by Crippen LogP contribution is 2.17. The lowest BCUT2D eigenvalue weighted by Gasteiger charge is -2.35. The third-order valence-corrected chi connectivity index (χ3v) is 2.98. The van der Waals surface area contributed by atoms with E-state index in [2.05, 4.69) is 20.9 Å². The summed E-state index contributed by atoms with van der Waals surface area (Å²) in [5.74, 6) is 0.745. The van der Waals surface area contributed by atoms with E-state index in [9.17, 15) is 4.39 Å². The van der Waals surface area contributed by atoms with Crippen molar-refractivity contribution in [3.8, 4) is 6.07 Å². The molecule has 5 heteroatoms. The summed E-state index contributed by atoms with van der Waals surface area (Å²) in [7, 11) is 0. The van der Waals surface area contributed by atoms with E-state index in [4.69, 9.17) is 5.26 Å². The van der Waals surface area contributed by atoms with Gasteiger partial charge in [0.2, 0.25) is 0 Å². The molecular weight excluding hydrogens is 219 g/mol. The summed E-state index contributed by atoms with van der Waals surface area (Å²) in [6.07, 6.45) is 1.70. The molecule has 1 aliphatic rings. The van der Waals surface area contributed by atoms with Crippen LogP contribution in [-0.2, 0) is 0 Å². The van der Waals surface area contributed by atoms with Gasteiger partial charge in [-0.3, -0.25) is 4.90 Å². The van der Waals surface area contributed by atoms with Gasteiger partial charge in [-0.25, -0.2) is 9.37 Å². The molecular formula is C12H15FN4. The van der Waals surface area contributed by atoms with Gasteiger partial charge in [0.1, 0.15) is 18.6 Å². The zero-order valence-electron chi connectivity index (χ0n) is 9.64.